The van der Waals surface area contributed by atoms with E-state index in [9.17, 15) is 4.79 Å². The molecule has 1 aliphatic carbocycles. The highest BCUT2D eigenvalue weighted by molar-refractivity contribution is 7.98. The molecule has 8 heteroatoms. The molecular formula is C21H23N5O2S. The summed E-state index contributed by atoms with van der Waals surface area (Å²) in [6, 6.07) is 11.9. The zero-order chi connectivity index (χ0) is 20.1. The average Bonchev–Trinajstić information content (AvgIpc) is 3.48. The van der Waals surface area contributed by atoms with E-state index in [2.05, 4.69) is 25.1 Å². The zero-order valence-corrected chi connectivity index (χ0v) is 17.1. The molecule has 150 valence electrons. The van der Waals surface area contributed by atoms with E-state index < -0.39 is 0 Å². The number of hydrogen-bond acceptors (Lipinski definition) is 6. The Labute approximate surface area is 173 Å². The summed E-state index contributed by atoms with van der Waals surface area (Å²) in [6.07, 6.45) is 5.63. The van der Waals surface area contributed by atoms with Gasteiger partial charge in [-0.2, -0.15) is 0 Å². The Hall–Kier alpha value is -2.71. The van der Waals surface area contributed by atoms with Crippen LogP contribution in [0.4, 0.5) is 0 Å². The van der Waals surface area contributed by atoms with Crippen molar-refractivity contribution in [2.45, 2.75) is 36.3 Å². The third kappa shape index (κ3) is 4.83. The van der Waals surface area contributed by atoms with Gasteiger partial charge in [0.15, 0.2) is 11.0 Å². The van der Waals surface area contributed by atoms with Gasteiger partial charge in [0.25, 0.3) is 5.91 Å². The smallest absolute Gasteiger partial charge is 0.251 e. The SMILES string of the molecule is COCCn1c(SCc2ccccc2C(=O)NC2CC2)nnc1-c1ccncc1. The number of hydrogen-bond donors (Lipinski definition) is 1. The molecule has 0 saturated heterocycles. The predicted octanol–water partition coefficient (Wildman–Crippen LogP) is 3.17. The first-order valence-corrected chi connectivity index (χ1v) is 10.6. The first kappa shape index (κ1) is 19.6. The quantitative estimate of drug-likeness (QED) is 0.547. The molecule has 1 N–H and O–H groups in total. The van der Waals surface area contributed by atoms with Crippen molar-refractivity contribution in [2.75, 3.05) is 13.7 Å². The third-order valence-corrected chi connectivity index (χ3v) is 5.72. The molecule has 0 atom stereocenters. The second-order valence-corrected chi connectivity index (χ2v) is 7.82. The number of benzene rings is 1. The summed E-state index contributed by atoms with van der Waals surface area (Å²) >= 11 is 1.57. The summed E-state index contributed by atoms with van der Waals surface area (Å²) in [6.45, 7) is 1.21. The minimum atomic E-state index is 0.00187. The van der Waals surface area contributed by atoms with Gasteiger partial charge in [0, 0.05) is 42.4 Å². The Morgan fingerprint density at radius 2 is 2.00 bits per heavy atom. The van der Waals surface area contributed by atoms with Crippen molar-refractivity contribution in [3.8, 4) is 11.4 Å². The molecule has 0 aliphatic heterocycles. The van der Waals surface area contributed by atoms with E-state index in [0.717, 1.165) is 40.5 Å². The molecule has 2 heterocycles. The van der Waals surface area contributed by atoms with Gasteiger partial charge in [0.05, 0.1) is 13.2 Å². The lowest BCUT2D eigenvalue weighted by molar-refractivity contribution is 0.0950. The number of pyridine rings is 1. The normalized spacial score (nSPS) is 13.4. The number of methoxy groups -OCH3 is 1. The summed E-state index contributed by atoms with van der Waals surface area (Å²) < 4.78 is 7.32. The molecule has 0 unspecified atom stereocenters. The highest BCUT2D eigenvalue weighted by Gasteiger charge is 2.25. The van der Waals surface area contributed by atoms with E-state index in [-0.39, 0.29) is 5.91 Å². The van der Waals surface area contributed by atoms with Crippen LogP contribution in [0.1, 0.15) is 28.8 Å². The van der Waals surface area contributed by atoms with Crippen molar-refractivity contribution in [1.82, 2.24) is 25.1 Å². The first-order valence-electron chi connectivity index (χ1n) is 9.60. The number of carbonyl (C=O) groups excluding carboxylic acids is 1. The highest BCUT2D eigenvalue weighted by atomic mass is 32.2. The van der Waals surface area contributed by atoms with Crippen LogP contribution in [0.25, 0.3) is 11.4 Å². The van der Waals surface area contributed by atoms with Crippen LogP contribution in [-0.4, -0.2) is 45.4 Å². The Kier molecular flexibility index (Phi) is 6.21. The minimum Gasteiger partial charge on any atom is -0.383 e. The molecular weight excluding hydrogens is 386 g/mol. The molecule has 1 saturated carbocycles. The van der Waals surface area contributed by atoms with Gasteiger partial charge in [-0.1, -0.05) is 30.0 Å². The number of aromatic nitrogens is 4. The largest absolute Gasteiger partial charge is 0.383 e. The Bertz CT molecular complexity index is 972. The van der Waals surface area contributed by atoms with E-state index in [1.807, 2.05) is 36.4 Å². The van der Waals surface area contributed by atoms with E-state index >= 15 is 0 Å². The summed E-state index contributed by atoms with van der Waals surface area (Å²) in [5, 5.41) is 12.6. The van der Waals surface area contributed by atoms with Crippen LogP contribution in [0.5, 0.6) is 0 Å². The van der Waals surface area contributed by atoms with Gasteiger partial charge in [-0.15, -0.1) is 10.2 Å². The van der Waals surface area contributed by atoms with E-state index in [0.29, 0.717) is 24.9 Å². The van der Waals surface area contributed by atoms with Crippen LogP contribution < -0.4 is 5.32 Å². The molecule has 1 fully saturated rings. The van der Waals surface area contributed by atoms with Crippen LogP contribution in [0.2, 0.25) is 0 Å². The topological polar surface area (TPSA) is 81.9 Å². The number of nitrogens with zero attached hydrogens (tertiary/aromatic N) is 4. The lowest BCUT2D eigenvalue weighted by atomic mass is 10.1. The predicted molar refractivity (Wildman–Crippen MR) is 112 cm³/mol. The monoisotopic (exact) mass is 409 g/mol. The maximum absolute atomic E-state index is 12.5. The summed E-state index contributed by atoms with van der Waals surface area (Å²) in [5.74, 6) is 1.42. The van der Waals surface area contributed by atoms with Gasteiger partial charge in [0.1, 0.15) is 0 Å². The fourth-order valence-corrected chi connectivity index (χ4v) is 3.96. The van der Waals surface area contributed by atoms with Crippen LogP contribution >= 0.6 is 11.8 Å². The maximum Gasteiger partial charge on any atom is 0.251 e. The van der Waals surface area contributed by atoms with Gasteiger partial charge in [0.2, 0.25) is 0 Å². The summed E-state index contributed by atoms with van der Waals surface area (Å²) in [4.78, 5) is 16.6. The van der Waals surface area contributed by atoms with Crippen LogP contribution in [0.3, 0.4) is 0 Å². The molecule has 0 radical (unpaired) electrons. The van der Waals surface area contributed by atoms with Gasteiger partial charge >= 0.3 is 0 Å². The highest BCUT2D eigenvalue weighted by Crippen LogP contribution is 2.28. The van der Waals surface area contributed by atoms with Gasteiger partial charge in [-0.25, -0.2) is 0 Å². The third-order valence-electron chi connectivity index (χ3n) is 4.71. The number of thioether (sulfide) groups is 1. The van der Waals surface area contributed by atoms with Crippen LogP contribution in [0, 0.1) is 0 Å². The molecule has 0 spiro atoms. The first-order chi connectivity index (χ1) is 14.3. The van der Waals surface area contributed by atoms with Gasteiger partial charge in [-0.3, -0.25) is 14.3 Å². The lowest BCUT2D eigenvalue weighted by Crippen LogP contribution is -2.26. The van der Waals surface area contributed by atoms with E-state index in [4.69, 9.17) is 4.74 Å². The molecule has 0 bridgehead atoms. The molecule has 1 aromatic carbocycles. The fourth-order valence-electron chi connectivity index (χ4n) is 2.99. The number of carbonyl (C=O) groups is 1. The van der Waals surface area contributed by atoms with Gasteiger partial charge in [-0.05, 0) is 36.6 Å². The van der Waals surface area contributed by atoms with Crippen LogP contribution in [0.15, 0.2) is 53.9 Å². The van der Waals surface area contributed by atoms with Crippen molar-refractivity contribution in [3.63, 3.8) is 0 Å². The van der Waals surface area contributed by atoms with E-state index in [1.165, 1.54) is 0 Å². The minimum absolute atomic E-state index is 0.00187. The van der Waals surface area contributed by atoms with Gasteiger partial charge < -0.3 is 10.1 Å². The lowest BCUT2D eigenvalue weighted by Gasteiger charge is -2.11. The number of nitrogens with one attached hydrogen (secondary N) is 1. The van der Waals surface area contributed by atoms with Crippen LogP contribution in [-0.2, 0) is 17.0 Å². The van der Waals surface area contributed by atoms with Crippen molar-refractivity contribution >= 4 is 17.7 Å². The molecule has 2 aromatic heterocycles. The standard InChI is InChI=1S/C21H23N5O2S/c1-28-13-12-26-19(15-8-10-22-11-9-15)24-25-21(26)29-14-16-4-2-3-5-18(16)20(27)23-17-6-7-17/h2-5,8-11,17H,6-7,12-14H2,1H3,(H,23,27). The number of rotatable bonds is 9. The second kappa shape index (κ2) is 9.19. The average molecular weight is 410 g/mol. The van der Waals surface area contributed by atoms with Crippen molar-refractivity contribution in [3.05, 3.63) is 59.9 Å². The summed E-state index contributed by atoms with van der Waals surface area (Å²) in [7, 11) is 1.68. The Morgan fingerprint density at radius 3 is 2.76 bits per heavy atom. The molecule has 4 rings (SSSR count). The van der Waals surface area contributed by atoms with Crippen molar-refractivity contribution in [2.24, 2.45) is 0 Å². The van der Waals surface area contributed by atoms with Crippen molar-refractivity contribution in [1.29, 1.82) is 0 Å². The summed E-state index contributed by atoms with van der Waals surface area (Å²) in [5.41, 5.74) is 2.67. The zero-order valence-electron chi connectivity index (χ0n) is 16.2. The second-order valence-electron chi connectivity index (χ2n) is 6.88. The van der Waals surface area contributed by atoms with Crippen molar-refractivity contribution < 1.29 is 9.53 Å². The Morgan fingerprint density at radius 1 is 1.21 bits per heavy atom. The number of amides is 1. The number of ether oxygens (including phenoxy) is 1. The van der Waals surface area contributed by atoms with E-state index in [1.54, 1.807) is 31.3 Å². The maximum atomic E-state index is 12.5. The molecule has 1 aliphatic rings. The molecule has 1 amide bonds. The molecule has 7 nitrogen and oxygen atoms in total. The molecule has 3 aromatic rings. The molecule has 29 heavy (non-hydrogen) atoms. The fraction of sp³-hybridized carbons (Fsp3) is 0.333. The Balaban J connectivity index is 1.54.